The Labute approximate surface area is 196 Å². The van der Waals surface area contributed by atoms with E-state index in [0.717, 1.165) is 36.0 Å². The van der Waals surface area contributed by atoms with Crippen LogP contribution in [0.15, 0.2) is 60.7 Å². The first kappa shape index (κ1) is 21.6. The number of nitrogens with one attached hydrogen (secondary N) is 3. The van der Waals surface area contributed by atoms with Gasteiger partial charge in [-0.2, -0.15) is 0 Å². The summed E-state index contributed by atoms with van der Waals surface area (Å²) in [6, 6.07) is 20.2. The van der Waals surface area contributed by atoms with Gasteiger partial charge in [-0.05, 0) is 53.4 Å². The van der Waals surface area contributed by atoms with E-state index >= 15 is 0 Å². The number of thiazole rings is 1. The zero-order valence-electron chi connectivity index (χ0n) is 18.3. The van der Waals surface area contributed by atoms with Gasteiger partial charge in [0.25, 0.3) is 5.91 Å². The van der Waals surface area contributed by atoms with Crippen LogP contribution in [0, 0.1) is 5.92 Å². The molecule has 1 aromatic heterocycles. The van der Waals surface area contributed by atoms with Gasteiger partial charge >= 0.3 is 0 Å². The van der Waals surface area contributed by atoms with E-state index in [1.54, 1.807) is 6.07 Å². The fourth-order valence-electron chi connectivity index (χ4n) is 3.95. The minimum Gasteiger partial charge on any atom is -0.351 e. The third-order valence-electron chi connectivity index (χ3n) is 6.09. The quantitative estimate of drug-likeness (QED) is 0.334. The molecule has 0 radical (unpaired) electrons. The maximum Gasteiger partial charge on any atom is 0.251 e. The van der Waals surface area contributed by atoms with Gasteiger partial charge in [0.15, 0.2) is 5.13 Å². The van der Waals surface area contributed by atoms with Gasteiger partial charge in [-0.3, -0.25) is 9.59 Å². The Kier molecular flexibility index (Phi) is 6.32. The van der Waals surface area contributed by atoms with Crippen LogP contribution in [0.1, 0.15) is 35.2 Å². The lowest BCUT2D eigenvalue weighted by atomic mass is 9.85. The fourth-order valence-corrected chi connectivity index (χ4v) is 4.85. The first-order chi connectivity index (χ1) is 16.2. The van der Waals surface area contributed by atoms with E-state index in [0.29, 0.717) is 23.8 Å². The van der Waals surface area contributed by atoms with Gasteiger partial charge in [0.1, 0.15) is 0 Å². The number of benzene rings is 3. The van der Waals surface area contributed by atoms with Crippen molar-refractivity contribution < 1.29 is 9.59 Å². The van der Waals surface area contributed by atoms with E-state index in [9.17, 15) is 9.59 Å². The molecule has 4 aromatic rings. The standard InChI is InChI=1S/C26H26N4O2S/c31-24(28-13-12-27-16-17-8-9-18-4-1-2-5-20(18)14-17)21-10-11-22-23(15-21)33-26(29-22)30-25(32)19-6-3-7-19/h1-2,4-5,8-11,14-15,19,27H,3,6-7,12-13,16H2,(H,28,31)(H,29,30,32). The van der Waals surface area contributed by atoms with Gasteiger partial charge in [0.2, 0.25) is 5.91 Å². The molecule has 1 aliphatic carbocycles. The smallest absolute Gasteiger partial charge is 0.251 e. The highest BCUT2D eigenvalue weighted by molar-refractivity contribution is 7.22. The summed E-state index contributed by atoms with van der Waals surface area (Å²) in [4.78, 5) is 29.2. The van der Waals surface area contributed by atoms with Crippen LogP contribution in [-0.4, -0.2) is 29.9 Å². The van der Waals surface area contributed by atoms with Crippen LogP contribution in [0.2, 0.25) is 0 Å². The lowest BCUT2D eigenvalue weighted by Gasteiger charge is -2.23. The van der Waals surface area contributed by atoms with Crippen molar-refractivity contribution in [3.05, 3.63) is 71.8 Å². The van der Waals surface area contributed by atoms with Gasteiger partial charge in [0, 0.05) is 31.1 Å². The van der Waals surface area contributed by atoms with Crippen LogP contribution in [0.3, 0.4) is 0 Å². The van der Waals surface area contributed by atoms with Crippen LogP contribution in [-0.2, 0) is 11.3 Å². The lowest BCUT2D eigenvalue weighted by molar-refractivity contribution is -0.122. The number of hydrogen-bond donors (Lipinski definition) is 3. The summed E-state index contributed by atoms with van der Waals surface area (Å²) >= 11 is 1.40. The number of aromatic nitrogens is 1. The largest absolute Gasteiger partial charge is 0.351 e. The van der Waals surface area contributed by atoms with Crippen molar-refractivity contribution in [2.45, 2.75) is 25.8 Å². The van der Waals surface area contributed by atoms with Crippen LogP contribution in [0.4, 0.5) is 5.13 Å². The maximum atomic E-state index is 12.6. The van der Waals surface area contributed by atoms with E-state index in [-0.39, 0.29) is 17.7 Å². The average Bonchev–Trinajstić information content (AvgIpc) is 3.18. The Balaban J connectivity index is 1.11. The van der Waals surface area contributed by atoms with Crippen LogP contribution in [0.25, 0.3) is 21.0 Å². The van der Waals surface area contributed by atoms with Crippen molar-refractivity contribution >= 4 is 49.3 Å². The van der Waals surface area contributed by atoms with E-state index in [2.05, 4.69) is 51.3 Å². The Morgan fingerprint density at radius 1 is 0.970 bits per heavy atom. The Morgan fingerprint density at radius 2 is 1.82 bits per heavy atom. The van der Waals surface area contributed by atoms with Crippen molar-refractivity contribution in [2.24, 2.45) is 5.92 Å². The Hall–Kier alpha value is -3.29. The molecule has 1 aliphatic rings. The summed E-state index contributed by atoms with van der Waals surface area (Å²) in [7, 11) is 0. The molecular formula is C26H26N4O2S. The number of amides is 2. The first-order valence-electron chi connectivity index (χ1n) is 11.3. The molecule has 0 unspecified atom stereocenters. The number of carbonyl (C=O) groups is 2. The first-order valence-corrected chi connectivity index (χ1v) is 12.2. The molecule has 5 rings (SSSR count). The molecule has 1 fully saturated rings. The maximum absolute atomic E-state index is 12.6. The lowest BCUT2D eigenvalue weighted by Crippen LogP contribution is -2.31. The number of fused-ring (bicyclic) bond motifs is 2. The highest BCUT2D eigenvalue weighted by Crippen LogP contribution is 2.30. The molecule has 3 aromatic carbocycles. The SMILES string of the molecule is O=C(NCCNCc1ccc2ccccc2c1)c1ccc2nc(NC(=O)C3CCC3)sc2c1. The molecule has 0 saturated heterocycles. The molecule has 0 aliphatic heterocycles. The molecule has 0 spiro atoms. The van der Waals surface area contributed by atoms with Crippen molar-refractivity contribution in [1.29, 1.82) is 0 Å². The summed E-state index contributed by atoms with van der Waals surface area (Å²) in [5.74, 6) is 0.0560. The third kappa shape index (κ3) is 5.05. The predicted octanol–water partition coefficient (Wildman–Crippen LogP) is 4.71. The van der Waals surface area contributed by atoms with Crippen LogP contribution in [0.5, 0.6) is 0 Å². The second-order valence-corrected chi connectivity index (χ2v) is 9.46. The van der Waals surface area contributed by atoms with Crippen molar-refractivity contribution in [2.75, 3.05) is 18.4 Å². The van der Waals surface area contributed by atoms with Crippen molar-refractivity contribution in [3.8, 4) is 0 Å². The van der Waals surface area contributed by atoms with Crippen molar-refractivity contribution in [1.82, 2.24) is 15.6 Å². The van der Waals surface area contributed by atoms with Crippen LogP contribution < -0.4 is 16.0 Å². The summed E-state index contributed by atoms with van der Waals surface area (Å²) < 4.78 is 0.890. The van der Waals surface area contributed by atoms with E-state index in [4.69, 9.17) is 0 Å². The number of hydrogen-bond acceptors (Lipinski definition) is 5. The monoisotopic (exact) mass is 458 g/mol. The highest BCUT2D eigenvalue weighted by Gasteiger charge is 2.25. The summed E-state index contributed by atoms with van der Waals surface area (Å²) in [5.41, 5.74) is 2.60. The van der Waals surface area contributed by atoms with E-state index in [1.165, 1.54) is 27.7 Å². The zero-order chi connectivity index (χ0) is 22.6. The second-order valence-electron chi connectivity index (χ2n) is 8.43. The summed E-state index contributed by atoms with van der Waals surface area (Å²) in [6.07, 6.45) is 3.03. The second kappa shape index (κ2) is 9.68. The summed E-state index contributed by atoms with van der Waals surface area (Å²) in [5, 5.41) is 12.3. The van der Waals surface area contributed by atoms with E-state index < -0.39 is 0 Å². The topological polar surface area (TPSA) is 83.1 Å². The number of carbonyl (C=O) groups excluding carboxylic acids is 2. The normalized spacial score (nSPS) is 13.7. The minimum atomic E-state index is -0.113. The van der Waals surface area contributed by atoms with Gasteiger partial charge in [-0.25, -0.2) is 4.98 Å². The molecule has 0 bridgehead atoms. The van der Waals surface area contributed by atoms with Crippen LogP contribution >= 0.6 is 11.3 Å². The summed E-state index contributed by atoms with van der Waals surface area (Å²) in [6.45, 7) is 1.97. The average molecular weight is 459 g/mol. The number of anilines is 1. The fraction of sp³-hybridized carbons (Fsp3) is 0.269. The van der Waals surface area contributed by atoms with Gasteiger partial charge in [-0.1, -0.05) is 54.2 Å². The molecule has 1 heterocycles. The third-order valence-corrected chi connectivity index (χ3v) is 7.02. The predicted molar refractivity (Wildman–Crippen MR) is 134 cm³/mol. The molecule has 3 N–H and O–H groups in total. The molecule has 7 heteroatoms. The highest BCUT2D eigenvalue weighted by atomic mass is 32.1. The van der Waals surface area contributed by atoms with Gasteiger partial charge < -0.3 is 16.0 Å². The van der Waals surface area contributed by atoms with E-state index in [1.807, 2.05) is 24.3 Å². The minimum absolute atomic E-state index is 0.0504. The number of nitrogens with zero attached hydrogens (tertiary/aromatic N) is 1. The molecule has 6 nitrogen and oxygen atoms in total. The molecule has 168 valence electrons. The molecule has 2 amide bonds. The Bertz CT molecular complexity index is 1310. The number of rotatable bonds is 8. The molecule has 1 saturated carbocycles. The molecule has 0 atom stereocenters. The molecular weight excluding hydrogens is 432 g/mol. The van der Waals surface area contributed by atoms with Crippen molar-refractivity contribution in [3.63, 3.8) is 0 Å². The van der Waals surface area contributed by atoms with Gasteiger partial charge in [-0.15, -0.1) is 0 Å². The molecule has 33 heavy (non-hydrogen) atoms. The van der Waals surface area contributed by atoms with Gasteiger partial charge in [0.05, 0.1) is 10.2 Å². The zero-order valence-corrected chi connectivity index (χ0v) is 19.1. The Morgan fingerprint density at radius 3 is 2.64 bits per heavy atom.